The van der Waals surface area contributed by atoms with Gasteiger partial charge in [-0.25, -0.2) is 9.78 Å². The highest BCUT2D eigenvalue weighted by Gasteiger charge is 2.26. The summed E-state index contributed by atoms with van der Waals surface area (Å²) in [6.45, 7) is 1.26. The van der Waals surface area contributed by atoms with Crippen molar-refractivity contribution in [2.45, 2.75) is 19.4 Å². The van der Waals surface area contributed by atoms with Crippen LogP contribution >= 0.6 is 11.3 Å². The van der Waals surface area contributed by atoms with E-state index in [-0.39, 0.29) is 45.8 Å². The van der Waals surface area contributed by atoms with E-state index in [1.54, 1.807) is 19.1 Å². The molecule has 2 aromatic carbocycles. The SMILES string of the molecule is COC(=O)C(CNC(=O)c1cc(O)cc(OC)c1)NC(=O)c1sc(NC(=O)Cc2cccc(O)c2)nc1C. The predicted octanol–water partition coefficient (Wildman–Crippen LogP) is 1.75. The second-order valence-corrected chi connectivity index (χ2v) is 9.01. The maximum absolute atomic E-state index is 12.9. The van der Waals surface area contributed by atoms with E-state index in [9.17, 15) is 29.4 Å². The van der Waals surface area contributed by atoms with Crippen molar-refractivity contribution in [1.82, 2.24) is 15.6 Å². The fourth-order valence-corrected chi connectivity index (χ4v) is 4.25. The topological polar surface area (TPSA) is 176 Å². The number of thiazole rings is 1. The minimum absolute atomic E-state index is 0.0102. The zero-order valence-electron chi connectivity index (χ0n) is 20.7. The van der Waals surface area contributed by atoms with Crippen molar-refractivity contribution in [3.05, 3.63) is 64.2 Å². The Morgan fingerprint density at radius 2 is 1.79 bits per heavy atom. The third kappa shape index (κ3) is 7.43. The summed E-state index contributed by atoms with van der Waals surface area (Å²) in [6.07, 6.45) is -0.0102. The van der Waals surface area contributed by atoms with Crippen LogP contribution in [0.25, 0.3) is 0 Å². The summed E-state index contributed by atoms with van der Waals surface area (Å²) in [5, 5.41) is 27.1. The fourth-order valence-electron chi connectivity index (χ4n) is 3.36. The average Bonchev–Trinajstić information content (AvgIpc) is 3.24. The van der Waals surface area contributed by atoms with Gasteiger partial charge in [0, 0.05) is 18.2 Å². The molecule has 0 radical (unpaired) electrons. The number of amides is 3. The highest BCUT2D eigenvalue weighted by molar-refractivity contribution is 7.17. The van der Waals surface area contributed by atoms with E-state index in [4.69, 9.17) is 9.47 Å². The predicted molar refractivity (Wildman–Crippen MR) is 138 cm³/mol. The van der Waals surface area contributed by atoms with Crippen LogP contribution in [-0.4, -0.2) is 65.7 Å². The van der Waals surface area contributed by atoms with Gasteiger partial charge in [-0.05, 0) is 36.8 Å². The Bertz CT molecular complexity index is 1360. The molecule has 0 aliphatic rings. The lowest BCUT2D eigenvalue weighted by Crippen LogP contribution is -2.49. The quantitative estimate of drug-likeness (QED) is 0.239. The molecule has 0 bridgehead atoms. The Labute approximate surface area is 221 Å². The van der Waals surface area contributed by atoms with Crippen LogP contribution in [0.2, 0.25) is 0 Å². The number of methoxy groups -OCH3 is 2. The molecule has 1 unspecified atom stereocenters. The van der Waals surface area contributed by atoms with E-state index in [2.05, 4.69) is 20.9 Å². The number of nitrogens with one attached hydrogen (secondary N) is 3. The van der Waals surface area contributed by atoms with Crippen LogP contribution in [0, 0.1) is 6.92 Å². The first-order valence-corrected chi connectivity index (χ1v) is 12.0. The van der Waals surface area contributed by atoms with E-state index >= 15 is 0 Å². The van der Waals surface area contributed by atoms with Crippen LogP contribution in [0.15, 0.2) is 42.5 Å². The van der Waals surface area contributed by atoms with Crippen molar-refractivity contribution < 1.29 is 38.9 Å². The van der Waals surface area contributed by atoms with Crippen molar-refractivity contribution in [3.63, 3.8) is 0 Å². The van der Waals surface area contributed by atoms with Gasteiger partial charge in [-0.1, -0.05) is 23.5 Å². The second kappa shape index (κ2) is 12.5. The van der Waals surface area contributed by atoms with Gasteiger partial charge < -0.3 is 35.6 Å². The number of esters is 1. The van der Waals surface area contributed by atoms with Gasteiger partial charge in [0.15, 0.2) is 5.13 Å². The number of aromatic hydroxyl groups is 2. The molecular weight excluding hydrogens is 516 g/mol. The molecule has 0 fully saturated rings. The summed E-state index contributed by atoms with van der Waals surface area (Å²) in [4.78, 5) is 54.4. The molecule has 3 aromatic rings. The summed E-state index contributed by atoms with van der Waals surface area (Å²) in [7, 11) is 2.52. The third-order valence-corrected chi connectivity index (χ3v) is 6.24. The summed E-state index contributed by atoms with van der Waals surface area (Å²) >= 11 is 0.912. The summed E-state index contributed by atoms with van der Waals surface area (Å²) in [6, 6.07) is 8.98. The normalized spacial score (nSPS) is 11.2. The van der Waals surface area contributed by atoms with E-state index in [1.807, 2.05) is 0 Å². The molecule has 0 saturated heterocycles. The van der Waals surface area contributed by atoms with Crippen molar-refractivity contribution >= 4 is 40.2 Å². The van der Waals surface area contributed by atoms with Crippen LogP contribution in [0.1, 0.15) is 31.3 Å². The van der Waals surface area contributed by atoms with Crippen LogP contribution in [-0.2, 0) is 20.7 Å². The van der Waals surface area contributed by atoms with Gasteiger partial charge in [0.25, 0.3) is 11.8 Å². The van der Waals surface area contributed by atoms with Gasteiger partial charge in [0.05, 0.1) is 26.3 Å². The number of hydrogen-bond acceptors (Lipinski definition) is 10. The van der Waals surface area contributed by atoms with E-state index in [0.717, 1.165) is 18.4 Å². The Morgan fingerprint density at radius 1 is 1.03 bits per heavy atom. The molecule has 0 spiro atoms. The van der Waals surface area contributed by atoms with E-state index in [0.29, 0.717) is 11.3 Å². The highest BCUT2D eigenvalue weighted by atomic mass is 32.1. The van der Waals surface area contributed by atoms with Crippen molar-refractivity contribution in [2.75, 3.05) is 26.1 Å². The Hall–Kier alpha value is -4.65. The van der Waals surface area contributed by atoms with Crippen molar-refractivity contribution in [1.29, 1.82) is 0 Å². The number of nitrogens with zero attached hydrogens (tertiary/aromatic N) is 1. The molecular formula is C25H26N4O8S. The second-order valence-electron chi connectivity index (χ2n) is 8.01. The molecule has 38 heavy (non-hydrogen) atoms. The molecule has 5 N–H and O–H groups in total. The lowest BCUT2D eigenvalue weighted by molar-refractivity contribution is -0.142. The molecule has 1 aromatic heterocycles. The van der Waals surface area contributed by atoms with Crippen molar-refractivity contribution in [2.24, 2.45) is 0 Å². The molecule has 13 heteroatoms. The number of carbonyl (C=O) groups excluding carboxylic acids is 4. The Balaban J connectivity index is 1.64. The Morgan fingerprint density at radius 3 is 2.47 bits per heavy atom. The van der Waals surface area contributed by atoms with Gasteiger partial charge >= 0.3 is 5.97 Å². The van der Waals surface area contributed by atoms with Gasteiger partial charge in [0.1, 0.15) is 28.2 Å². The number of phenols is 2. The standard InChI is InChI=1S/C25H26N4O8S/c1-13-21(38-25(27-13)29-20(32)8-14-5-4-6-16(30)7-14)23(34)28-19(24(35)37-3)12-26-22(33)15-9-17(31)11-18(10-15)36-2/h4-7,9-11,19,30-31H,8,12H2,1-3H3,(H,26,33)(H,28,34)(H,27,29,32). The van der Waals surface area contributed by atoms with Crippen LogP contribution < -0.4 is 20.7 Å². The Kier molecular flexibility index (Phi) is 9.22. The van der Waals surface area contributed by atoms with Gasteiger partial charge in [0.2, 0.25) is 5.91 Å². The zero-order valence-corrected chi connectivity index (χ0v) is 21.5. The first kappa shape index (κ1) is 27.9. The number of carbonyl (C=O) groups is 4. The molecule has 3 amide bonds. The first-order chi connectivity index (χ1) is 18.1. The van der Waals surface area contributed by atoms with E-state index < -0.39 is 29.7 Å². The molecule has 0 aliphatic heterocycles. The number of anilines is 1. The van der Waals surface area contributed by atoms with E-state index in [1.165, 1.54) is 37.4 Å². The molecule has 1 atom stereocenters. The maximum Gasteiger partial charge on any atom is 0.330 e. The summed E-state index contributed by atoms with van der Waals surface area (Å²) < 4.78 is 9.77. The number of phenolic OH excluding ortho intramolecular Hbond substituents is 2. The van der Waals surface area contributed by atoms with Gasteiger partial charge in [-0.3, -0.25) is 14.4 Å². The fraction of sp³-hybridized carbons (Fsp3) is 0.240. The summed E-state index contributed by atoms with van der Waals surface area (Å²) in [5.41, 5.74) is 1.00. The minimum atomic E-state index is -1.24. The number of rotatable bonds is 10. The maximum atomic E-state index is 12.9. The molecule has 1 heterocycles. The number of benzene rings is 2. The van der Waals surface area contributed by atoms with Gasteiger partial charge in [-0.2, -0.15) is 0 Å². The average molecular weight is 543 g/mol. The smallest absolute Gasteiger partial charge is 0.330 e. The largest absolute Gasteiger partial charge is 0.508 e. The lowest BCUT2D eigenvalue weighted by atomic mass is 10.1. The molecule has 12 nitrogen and oxygen atoms in total. The number of hydrogen-bond donors (Lipinski definition) is 5. The lowest BCUT2D eigenvalue weighted by Gasteiger charge is -2.17. The number of aromatic nitrogens is 1. The minimum Gasteiger partial charge on any atom is -0.508 e. The van der Waals surface area contributed by atoms with Gasteiger partial charge in [-0.15, -0.1) is 0 Å². The first-order valence-electron chi connectivity index (χ1n) is 11.2. The highest BCUT2D eigenvalue weighted by Crippen LogP contribution is 2.24. The third-order valence-electron chi connectivity index (χ3n) is 5.17. The molecule has 200 valence electrons. The molecule has 0 saturated carbocycles. The molecule has 0 aliphatic carbocycles. The van der Waals surface area contributed by atoms with Crippen molar-refractivity contribution in [3.8, 4) is 17.2 Å². The monoisotopic (exact) mass is 542 g/mol. The van der Waals surface area contributed by atoms with Crippen LogP contribution in [0.5, 0.6) is 17.2 Å². The van der Waals surface area contributed by atoms with Crippen LogP contribution in [0.3, 0.4) is 0 Å². The zero-order chi connectivity index (χ0) is 27.8. The number of ether oxygens (including phenoxy) is 2. The number of aryl methyl sites for hydroxylation is 1. The molecule has 3 rings (SSSR count). The summed E-state index contributed by atoms with van der Waals surface area (Å²) in [5.74, 6) is -2.34. The van der Waals surface area contributed by atoms with Crippen LogP contribution in [0.4, 0.5) is 5.13 Å².